The lowest BCUT2D eigenvalue weighted by Gasteiger charge is -2.38. The smallest absolute Gasteiger partial charge is 0.0801 e. The average molecular weight is 378 g/mol. The van der Waals surface area contributed by atoms with E-state index in [-0.39, 0.29) is 6.10 Å². The minimum atomic E-state index is 0.205. The Hall–Kier alpha value is -1.87. The van der Waals surface area contributed by atoms with Crippen molar-refractivity contribution >= 4 is 22.4 Å². The van der Waals surface area contributed by atoms with Crippen LogP contribution in [0.1, 0.15) is 36.3 Å². The largest absolute Gasteiger partial charge is 0.371 e. The van der Waals surface area contributed by atoms with Crippen molar-refractivity contribution in [3.8, 4) is 0 Å². The summed E-state index contributed by atoms with van der Waals surface area (Å²) < 4.78 is 6.55. The zero-order chi connectivity index (χ0) is 18.2. The number of ether oxygens (including phenoxy) is 1. The molecule has 0 spiro atoms. The van der Waals surface area contributed by atoms with E-state index in [1.807, 2.05) is 12.1 Å². The lowest BCUT2D eigenvalue weighted by Crippen LogP contribution is -2.49. The van der Waals surface area contributed by atoms with Gasteiger partial charge in [0.25, 0.3) is 0 Å². The molecule has 2 bridgehead atoms. The molecule has 0 radical (unpaired) electrons. The van der Waals surface area contributed by atoms with Crippen molar-refractivity contribution in [2.24, 2.45) is 0 Å². The maximum absolute atomic E-state index is 6.55. The molecule has 138 valence electrons. The molecular formula is C24H24ClNO. The lowest BCUT2D eigenvalue weighted by atomic mass is 9.83. The Bertz CT molecular complexity index is 939. The first-order valence-corrected chi connectivity index (χ1v) is 10.2. The van der Waals surface area contributed by atoms with Crippen LogP contribution in [0.5, 0.6) is 0 Å². The molecule has 2 fully saturated rings. The Morgan fingerprint density at radius 3 is 2.59 bits per heavy atom. The van der Waals surface area contributed by atoms with Gasteiger partial charge in [-0.2, -0.15) is 0 Å². The first-order chi connectivity index (χ1) is 13.3. The summed E-state index contributed by atoms with van der Waals surface area (Å²) in [6.07, 6.45) is 3.80. The van der Waals surface area contributed by atoms with Crippen molar-refractivity contribution in [1.29, 1.82) is 0 Å². The zero-order valence-electron chi connectivity index (χ0n) is 15.3. The van der Waals surface area contributed by atoms with E-state index in [9.17, 15) is 0 Å². The van der Waals surface area contributed by atoms with Gasteiger partial charge in [-0.05, 0) is 59.4 Å². The summed E-state index contributed by atoms with van der Waals surface area (Å²) in [6.45, 7) is 0.655. The summed E-state index contributed by atoms with van der Waals surface area (Å²) in [5, 5.41) is 7.11. The molecule has 2 aliphatic heterocycles. The average Bonchev–Trinajstić information content (AvgIpc) is 3.09. The number of nitrogens with one attached hydrogen (secondary N) is 1. The number of fused-ring (bicyclic) bond motifs is 3. The van der Waals surface area contributed by atoms with Gasteiger partial charge < -0.3 is 10.1 Å². The highest BCUT2D eigenvalue weighted by molar-refractivity contribution is 6.30. The van der Waals surface area contributed by atoms with Gasteiger partial charge >= 0.3 is 0 Å². The minimum absolute atomic E-state index is 0.205. The van der Waals surface area contributed by atoms with Crippen LogP contribution in [0.2, 0.25) is 5.02 Å². The molecule has 0 aliphatic carbocycles. The summed E-state index contributed by atoms with van der Waals surface area (Å²) in [6, 6.07) is 24.5. The van der Waals surface area contributed by atoms with Crippen molar-refractivity contribution < 1.29 is 4.74 Å². The molecule has 2 nitrogen and oxygen atoms in total. The molecule has 4 atom stereocenters. The molecule has 4 unspecified atom stereocenters. The fourth-order valence-electron chi connectivity index (χ4n) is 4.81. The second-order valence-corrected chi connectivity index (χ2v) is 8.33. The van der Waals surface area contributed by atoms with Crippen molar-refractivity contribution in [2.75, 3.05) is 0 Å². The summed E-state index contributed by atoms with van der Waals surface area (Å²) in [4.78, 5) is 0. The molecule has 3 heteroatoms. The molecule has 27 heavy (non-hydrogen) atoms. The number of piperidine rings is 1. The normalized spacial score (nSPS) is 27.1. The van der Waals surface area contributed by atoms with Crippen LogP contribution in [-0.2, 0) is 11.3 Å². The van der Waals surface area contributed by atoms with Crippen LogP contribution in [0.15, 0.2) is 66.7 Å². The highest BCUT2D eigenvalue weighted by Crippen LogP contribution is 2.40. The second-order valence-electron chi connectivity index (χ2n) is 7.90. The van der Waals surface area contributed by atoms with Gasteiger partial charge in [-0.15, -0.1) is 0 Å². The number of benzene rings is 3. The summed E-state index contributed by atoms with van der Waals surface area (Å²) in [5.41, 5.74) is 2.59. The predicted molar refractivity (Wildman–Crippen MR) is 111 cm³/mol. The van der Waals surface area contributed by atoms with Gasteiger partial charge in [0.1, 0.15) is 0 Å². The summed E-state index contributed by atoms with van der Waals surface area (Å²) in [5.74, 6) is 0.432. The van der Waals surface area contributed by atoms with E-state index >= 15 is 0 Å². The zero-order valence-corrected chi connectivity index (χ0v) is 16.0. The molecule has 1 N–H and O–H groups in total. The molecule has 5 rings (SSSR count). The summed E-state index contributed by atoms with van der Waals surface area (Å²) in [7, 11) is 0. The fraction of sp³-hybridized carbons (Fsp3) is 0.333. The standard InChI is InChI=1S/C24H24ClNO/c25-20-9-7-18(8-10-20)22-14-21-11-12-23(26-21)24(22)27-15-16-5-6-17-3-1-2-4-19(17)13-16/h1-10,13,21-24,26H,11-12,14-15H2. The van der Waals surface area contributed by atoms with E-state index in [1.54, 1.807) is 0 Å². The first kappa shape index (κ1) is 17.2. The van der Waals surface area contributed by atoms with Gasteiger partial charge in [0.05, 0.1) is 12.7 Å². The van der Waals surface area contributed by atoms with E-state index in [1.165, 1.54) is 34.7 Å². The Labute approximate surface area is 165 Å². The van der Waals surface area contributed by atoms with Crippen LogP contribution >= 0.6 is 11.6 Å². The van der Waals surface area contributed by atoms with Crippen LogP contribution in [0.4, 0.5) is 0 Å². The third-order valence-electron chi connectivity index (χ3n) is 6.16. The van der Waals surface area contributed by atoms with Crippen LogP contribution in [0.25, 0.3) is 10.8 Å². The number of rotatable bonds is 4. The molecule has 0 saturated carbocycles. The number of hydrogen-bond donors (Lipinski definition) is 1. The fourth-order valence-corrected chi connectivity index (χ4v) is 4.93. The van der Waals surface area contributed by atoms with Crippen LogP contribution in [0.3, 0.4) is 0 Å². The Balaban J connectivity index is 1.37. The third kappa shape index (κ3) is 3.50. The number of halogens is 1. The molecular weight excluding hydrogens is 354 g/mol. The van der Waals surface area contributed by atoms with E-state index in [4.69, 9.17) is 16.3 Å². The second kappa shape index (κ2) is 7.27. The van der Waals surface area contributed by atoms with Crippen LogP contribution < -0.4 is 5.32 Å². The van der Waals surface area contributed by atoms with Gasteiger partial charge in [-0.3, -0.25) is 0 Å². The van der Waals surface area contributed by atoms with E-state index < -0.39 is 0 Å². The topological polar surface area (TPSA) is 21.3 Å². The van der Waals surface area contributed by atoms with Gasteiger partial charge in [0.2, 0.25) is 0 Å². The lowest BCUT2D eigenvalue weighted by molar-refractivity contribution is -0.0133. The Morgan fingerprint density at radius 2 is 1.74 bits per heavy atom. The predicted octanol–water partition coefficient (Wildman–Crippen LogP) is 5.69. The molecule has 2 saturated heterocycles. The van der Waals surface area contributed by atoms with Crippen LogP contribution in [-0.4, -0.2) is 18.2 Å². The van der Waals surface area contributed by atoms with Crippen LogP contribution in [0, 0.1) is 0 Å². The maximum Gasteiger partial charge on any atom is 0.0801 e. The highest BCUT2D eigenvalue weighted by atomic mass is 35.5. The maximum atomic E-state index is 6.55. The summed E-state index contributed by atoms with van der Waals surface area (Å²) >= 11 is 6.10. The first-order valence-electron chi connectivity index (χ1n) is 9.87. The minimum Gasteiger partial charge on any atom is -0.371 e. The van der Waals surface area contributed by atoms with Gasteiger partial charge in [0.15, 0.2) is 0 Å². The van der Waals surface area contributed by atoms with Crippen molar-refractivity contribution in [3.63, 3.8) is 0 Å². The molecule has 0 amide bonds. The Kier molecular flexibility index (Phi) is 4.65. The van der Waals surface area contributed by atoms with Crippen molar-refractivity contribution in [2.45, 2.75) is 50.0 Å². The molecule has 3 aromatic rings. The van der Waals surface area contributed by atoms with Gasteiger partial charge in [0, 0.05) is 23.0 Å². The molecule has 2 heterocycles. The van der Waals surface area contributed by atoms with E-state index in [0.717, 1.165) is 11.4 Å². The quantitative estimate of drug-likeness (QED) is 0.630. The SMILES string of the molecule is Clc1ccc(C2CC3CCC(N3)C2OCc2ccc3ccccc3c2)cc1. The number of hydrogen-bond acceptors (Lipinski definition) is 2. The van der Waals surface area contributed by atoms with Gasteiger partial charge in [-0.25, -0.2) is 0 Å². The van der Waals surface area contributed by atoms with Crippen molar-refractivity contribution in [1.82, 2.24) is 5.32 Å². The monoisotopic (exact) mass is 377 g/mol. The Morgan fingerprint density at radius 1 is 0.926 bits per heavy atom. The van der Waals surface area contributed by atoms with E-state index in [2.05, 4.69) is 59.9 Å². The molecule has 3 aromatic carbocycles. The molecule has 2 aliphatic rings. The van der Waals surface area contributed by atoms with E-state index in [0.29, 0.717) is 24.6 Å². The highest BCUT2D eigenvalue weighted by Gasteiger charge is 2.42. The molecule has 0 aromatic heterocycles. The van der Waals surface area contributed by atoms with Crippen molar-refractivity contribution in [3.05, 3.63) is 82.9 Å². The van der Waals surface area contributed by atoms with Gasteiger partial charge in [-0.1, -0.05) is 60.1 Å². The third-order valence-corrected chi connectivity index (χ3v) is 6.41.